The molecular weight excluding hydrogens is 354 g/mol. The molecule has 4 amide bonds. The predicted octanol–water partition coefficient (Wildman–Crippen LogP) is 1.52. The van der Waals surface area contributed by atoms with Crippen molar-refractivity contribution >= 4 is 34.7 Å². The molecule has 0 aromatic rings. The van der Waals surface area contributed by atoms with Gasteiger partial charge in [-0.2, -0.15) is 0 Å². The van der Waals surface area contributed by atoms with Gasteiger partial charge in [-0.15, -0.1) is 0 Å². The molecule has 0 radical (unpaired) electrons. The molecule has 2 aliphatic carbocycles. The van der Waals surface area contributed by atoms with Crippen LogP contribution in [0, 0.1) is 17.8 Å². The summed E-state index contributed by atoms with van der Waals surface area (Å²) in [6, 6.07) is 0. The van der Waals surface area contributed by atoms with Crippen molar-refractivity contribution in [1.29, 1.82) is 0 Å². The first kappa shape index (κ1) is 19.2. The first-order valence-electron chi connectivity index (χ1n) is 9.57. The van der Waals surface area contributed by atoms with Crippen molar-refractivity contribution in [2.45, 2.75) is 44.9 Å². The van der Waals surface area contributed by atoms with Crippen molar-refractivity contribution in [3.63, 3.8) is 0 Å². The number of hydrogen-bond acceptors (Lipinski definition) is 5. The summed E-state index contributed by atoms with van der Waals surface area (Å²) >= 11 is 1.00. The fourth-order valence-electron chi connectivity index (χ4n) is 3.74. The Morgan fingerprint density at radius 1 is 0.962 bits per heavy atom. The van der Waals surface area contributed by atoms with E-state index in [1.54, 1.807) is 0 Å². The number of thioether (sulfide) groups is 1. The molecule has 0 atom stereocenters. The molecule has 1 saturated heterocycles. The highest BCUT2D eigenvalue weighted by Crippen LogP contribution is 2.30. The molecule has 0 spiro atoms. The fraction of sp³-hybridized carbons (Fsp3) is 0.778. The summed E-state index contributed by atoms with van der Waals surface area (Å²) in [6.07, 6.45) is 6.64. The Kier molecular flexibility index (Phi) is 6.56. The van der Waals surface area contributed by atoms with Crippen LogP contribution in [0.2, 0.25) is 0 Å². The molecule has 7 nitrogen and oxygen atoms in total. The topological polar surface area (TPSA) is 95.6 Å². The van der Waals surface area contributed by atoms with Crippen LogP contribution in [-0.2, 0) is 14.4 Å². The van der Waals surface area contributed by atoms with E-state index in [4.69, 9.17) is 0 Å². The van der Waals surface area contributed by atoms with E-state index in [0.717, 1.165) is 31.1 Å². The lowest BCUT2D eigenvalue weighted by Crippen LogP contribution is -2.42. The van der Waals surface area contributed by atoms with Crippen molar-refractivity contribution in [2.24, 2.45) is 17.8 Å². The molecule has 2 saturated carbocycles. The highest BCUT2D eigenvalue weighted by atomic mass is 32.2. The van der Waals surface area contributed by atoms with E-state index in [9.17, 15) is 19.2 Å². The third kappa shape index (κ3) is 4.78. The number of carbonyl (C=O) groups is 4. The fourth-order valence-corrected chi connectivity index (χ4v) is 4.49. The Bertz CT molecular complexity index is 555. The molecule has 1 heterocycles. The molecule has 0 aromatic carbocycles. The van der Waals surface area contributed by atoms with Crippen LogP contribution in [0.5, 0.6) is 0 Å². The number of imide groups is 1. The van der Waals surface area contributed by atoms with Gasteiger partial charge in [-0.3, -0.25) is 24.1 Å². The first-order valence-corrected chi connectivity index (χ1v) is 10.6. The zero-order chi connectivity index (χ0) is 18.5. The van der Waals surface area contributed by atoms with Gasteiger partial charge in [0.15, 0.2) is 0 Å². The van der Waals surface area contributed by atoms with Gasteiger partial charge in [0.25, 0.3) is 5.24 Å². The van der Waals surface area contributed by atoms with Gasteiger partial charge in [-0.1, -0.05) is 18.2 Å². The Hall–Kier alpha value is -1.57. The molecule has 0 bridgehead atoms. The average molecular weight is 381 g/mol. The minimum absolute atomic E-state index is 0.0241. The SMILES string of the molecule is O=C(NCCN1C(=O)CSC1=O)C1CCC(C(=O)NCC2CCC2)CC1. The smallest absolute Gasteiger partial charge is 0.288 e. The molecule has 1 aliphatic heterocycles. The van der Waals surface area contributed by atoms with E-state index in [2.05, 4.69) is 10.6 Å². The van der Waals surface area contributed by atoms with Crippen LogP contribution in [0.25, 0.3) is 0 Å². The number of rotatable bonds is 7. The van der Waals surface area contributed by atoms with E-state index in [0.29, 0.717) is 25.3 Å². The van der Waals surface area contributed by atoms with Crippen molar-refractivity contribution < 1.29 is 19.2 Å². The van der Waals surface area contributed by atoms with Gasteiger partial charge in [0.05, 0.1) is 5.75 Å². The molecule has 3 aliphatic rings. The summed E-state index contributed by atoms with van der Waals surface area (Å²) in [5, 5.41) is 5.65. The van der Waals surface area contributed by atoms with Crippen molar-refractivity contribution in [1.82, 2.24) is 15.5 Å². The van der Waals surface area contributed by atoms with Crippen molar-refractivity contribution in [3.8, 4) is 0 Å². The lowest BCUT2D eigenvalue weighted by atomic mass is 9.80. The van der Waals surface area contributed by atoms with Crippen molar-refractivity contribution in [3.05, 3.63) is 0 Å². The van der Waals surface area contributed by atoms with Crippen LogP contribution < -0.4 is 10.6 Å². The Morgan fingerprint density at radius 3 is 2.08 bits per heavy atom. The van der Waals surface area contributed by atoms with Crippen LogP contribution in [0.15, 0.2) is 0 Å². The minimum Gasteiger partial charge on any atom is -0.356 e. The van der Waals surface area contributed by atoms with Crippen LogP contribution in [0.3, 0.4) is 0 Å². The van der Waals surface area contributed by atoms with E-state index in [-0.39, 0.29) is 47.1 Å². The summed E-state index contributed by atoms with van der Waals surface area (Å²) in [5.41, 5.74) is 0. The molecule has 26 heavy (non-hydrogen) atoms. The molecule has 144 valence electrons. The predicted molar refractivity (Wildman–Crippen MR) is 98.4 cm³/mol. The lowest BCUT2D eigenvalue weighted by Gasteiger charge is -2.29. The molecule has 0 unspecified atom stereocenters. The molecule has 3 fully saturated rings. The maximum Gasteiger partial charge on any atom is 0.288 e. The maximum atomic E-state index is 12.3. The minimum atomic E-state index is -0.238. The van der Waals surface area contributed by atoms with Crippen LogP contribution >= 0.6 is 11.8 Å². The highest BCUT2D eigenvalue weighted by Gasteiger charge is 2.32. The Morgan fingerprint density at radius 2 is 1.58 bits per heavy atom. The van der Waals surface area contributed by atoms with Gasteiger partial charge in [0.1, 0.15) is 0 Å². The second-order valence-electron chi connectivity index (χ2n) is 7.48. The number of nitrogens with zero attached hydrogens (tertiary/aromatic N) is 1. The molecule has 3 rings (SSSR count). The first-order chi connectivity index (χ1) is 12.5. The standard InChI is InChI=1S/C18H27N3O4S/c22-15-11-26-18(25)21(15)9-8-19-16(23)13-4-6-14(7-5-13)17(24)20-10-12-2-1-3-12/h12-14H,1-11H2,(H,19,23)(H,20,24). The third-order valence-electron chi connectivity index (χ3n) is 5.73. The van der Waals surface area contributed by atoms with Gasteiger partial charge in [0, 0.05) is 31.5 Å². The summed E-state index contributed by atoms with van der Waals surface area (Å²) in [4.78, 5) is 48.7. The van der Waals surface area contributed by atoms with Crippen molar-refractivity contribution in [2.75, 3.05) is 25.4 Å². The largest absolute Gasteiger partial charge is 0.356 e. The number of carbonyl (C=O) groups excluding carboxylic acids is 4. The molecule has 2 N–H and O–H groups in total. The maximum absolute atomic E-state index is 12.3. The summed E-state index contributed by atoms with van der Waals surface area (Å²) in [5.74, 6) is 0.710. The molecule has 0 aromatic heterocycles. The van der Waals surface area contributed by atoms with E-state index in [1.165, 1.54) is 24.2 Å². The normalized spacial score (nSPS) is 26.5. The second-order valence-corrected chi connectivity index (χ2v) is 8.41. The summed E-state index contributed by atoms with van der Waals surface area (Å²) in [6.45, 7) is 1.32. The lowest BCUT2D eigenvalue weighted by molar-refractivity contribution is -0.130. The van der Waals surface area contributed by atoms with Gasteiger partial charge in [-0.05, 0) is 44.4 Å². The van der Waals surface area contributed by atoms with E-state index < -0.39 is 0 Å². The Balaban J connectivity index is 1.32. The third-order valence-corrected chi connectivity index (χ3v) is 6.59. The van der Waals surface area contributed by atoms with Crippen LogP contribution in [-0.4, -0.2) is 53.2 Å². The zero-order valence-electron chi connectivity index (χ0n) is 15.0. The monoisotopic (exact) mass is 381 g/mol. The second kappa shape index (κ2) is 8.88. The number of hydrogen-bond donors (Lipinski definition) is 2. The molecule has 8 heteroatoms. The van der Waals surface area contributed by atoms with Gasteiger partial charge < -0.3 is 10.6 Å². The molecular formula is C18H27N3O4S. The number of nitrogens with one attached hydrogen (secondary N) is 2. The van der Waals surface area contributed by atoms with Gasteiger partial charge in [0.2, 0.25) is 17.7 Å². The van der Waals surface area contributed by atoms with Gasteiger partial charge in [-0.25, -0.2) is 0 Å². The van der Waals surface area contributed by atoms with E-state index in [1.807, 2.05) is 0 Å². The quantitative estimate of drug-likeness (QED) is 0.697. The van der Waals surface area contributed by atoms with Crippen LogP contribution in [0.1, 0.15) is 44.9 Å². The summed E-state index contributed by atoms with van der Waals surface area (Å²) < 4.78 is 0. The zero-order valence-corrected chi connectivity index (χ0v) is 15.8. The van der Waals surface area contributed by atoms with E-state index >= 15 is 0 Å². The Labute approximate surface area is 158 Å². The highest BCUT2D eigenvalue weighted by molar-refractivity contribution is 8.14. The number of amides is 4. The summed E-state index contributed by atoms with van der Waals surface area (Å²) in [7, 11) is 0. The van der Waals surface area contributed by atoms with Crippen LogP contribution in [0.4, 0.5) is 4.79 Å². The average Bonchev–Trinajstić information content (AvgIpc) is 2.92. The van der Waals surface area contributed by atoms with Gasteiger partial charge >= 0.3 is 0 Å².